The van der Waals surface area contributed by atoms with E-state index in [0.717, 1.165) is 5.39 Å². The second-order valence-electron chi connectivity index (χ2n) is 4.43. The van der Waals surface area contributed by atoms with Gasteiger partial charge in [0.2, 0.25) is 6.08 Å². The maximum atomic E-state index is 11.7. The van der Waals surface area contributed by atoms with Crippen molar-refractivity contribution in [2.24, 2.45) is 4.99 Å². The minimum absolute atomic E-state index is 0.221. The Kier molecular flexibility index (Phi) is 3.37. The number of rotatable bonds is 3. The molecule has 21 heavy (non-hydrogen) atoms. The van der Waals surface area contributed by atoms with Gasteiger partial charge in [-0.15, -0.1) is 0 Å². The predicted octanol–water partition coefficient (Wildman–Crippen LogP) is 1.88. The number of aromatic nitrogens is 3. The van der Waals surface area contributed by atoms with Crippen molar-refractivity contribution in [2.45, 2.75) is 6.42 Å². The molecule has 6 nitrogen and oxygen atoms in total. The molecule has 3 aromatic rings. The van der Waals surface area contributed by atoms with Gasteiger partial charge in [0.05, 0.1) is 16.8 Å². The Morgan fingerprint density at radius 2 is 2.00 bits per heavy atom. The first-order valence-electron chi connectivity index (χ1n) is 6.27. The molecule has 0 fully saturated rings. The van der Waals surface area contributed by atoms with Crippen LogP contribution in [-0.2, 0) is 11.2 Å². The van der Waals surface area contributed by atoms with Gasteiger partial charge in [-0.05, 0) is 18.2 Å². The van der Waals surface area contributed by atoms with Crippen LogP contribution >= 0.6 is 0 Å². The van der Waals surface area contributed by atoms with E-state index < -0.39 is 0 Å². The molecular weight excluding hydrogens is 268 g/mol. The summed E-state index contributed by atoms with van der Waals surface area (Å²) in [5.74, 6) is 0. The molecule has 0 radical (unpaired) electrons. The van der Waals surface area contributed by atoms with Crippen molar-refractivity contribution in [3.63, 3.8) is 0 Å². The van der Waals surface area contributed by atoms with Crippen LogP contribution in [0.3, 0.4) is 0 Å². The summed E-state index contributed by atoms with van der Waals surface area (Å²) >= 11 is 0. The second kappa shape index (κ2) is 5.48. The molecule has 0 atom stereocenters. The van der Waals surface area contributed by atoms with E-state index in [1.54, 1.807) is 30.5 Å². The van der Waals surface area contributed by atoms with Gasteiger partial charge in [-0.3, -0.25) is 9.78 Å². The molecule has 3 rings (SSSR count). The van der Waals surface area contributed by atoms with Gasteiger partial charge in [0.1, 0.15) is 0 Å². The molecule has 0 bridgehead atoms. The van der Waals surface area contributed by atoms with Gasteiger partial charge in [-0.1, -0.05) is 18.2 Å². The highest BCUT2D eigenvalue weighted by Gasteiger charge is 2.07. The predicted molar refractivity (Wildman–Crippen MR) is 77.2 cm³/mol. The number of aliphatic imine (C=N–C) groups is 1. The summed E-state index contributed by atoms with van der Waals surface area (Å²) in [6.45, 7) is 0. The van der Waals surface area contributed by atoms with Crippen molar-refractivity contribution in [3.05, 3.63) is 64.3 Å². The van der Waals surface area contributed by atoms with E-state index in [1.807, 2.05) is 12.1 Å². The summed E-state index contributed by atoms with van der Waals surface area (Å²) in [5.41, 5.74) is 1.69. The molecule has 1 aromatic carbocycles. The molecule has 0 aliphatic carbocycles. The second-order valence-corrected chi connectivity index (χ2v) is 4.43. The average molecular weight is 278 g/mol. The Morgan fingerprint density at radius 1 is 1.19 bits per heavy atom. The van der Waals surface area contributed by atoms with Crippen LogP contribution in [0.5, 0.6) is 0 Å². The monoisotopic (exact) mass is 278 g/mol. The van der Waals surface area contributed by atoms with E-state index >= 15 is 0 Å². The van der Waals surface area contributed by atoms with Gasteiger partial charge in [-0.25, -0.2) is 9.89 Å². The van der Waals surface area contributed by atoms with Crippen molar-refractivity contribution < 1.29 is 4.79 Å². The van der Waals surface area contributed by atoms with Gasteiger partial charge in [0.15, 0.2) is 0 Å². The first-order chi connectivity index (χ1) is 10.3. The summed E-state index contributed by atoms with van der Waals surface area (Å²) in [7, 11) is 0. The van der Waals surface area contributed by atoms with E-state index in [4.69, 9.17) is 0 Å². The lowest BCUT2D eigenvalue weighted by Gasteiger charge is -2.04. The number of H-pyrrole nitrogens is 1. The maximum Gasteiger partial charge on any atom is 0.272 e. The number of hydrogen-bond donors (Lipinski definition) is 1. The summed E-state index contributed by atoms with van der Waals surface area (Å²) in [6, 6.07) is 10.6. The molecule has 6 heteroatoms. The highest BCUT2D eigenvalue weighted by Crippen LogP contribution is 2.17. The number of nitrogens with zero attached hydrogens (tertiary/aromatic N) is 3. The van der Waals surface area contributed by atoms with Gasteiger partial charge in [-0.2, -0.15) is 10.1 Å². The van der Waals surface area contributed by atoms with Crippen LogP contribution in [0, 0.1) is 0 Å². The lowest BCUT2D eigenvalue weighted by Crippen LogP contribution is -2.11. The normalized spacial score (nSPS) is 10.3. The largest absolute Gasteiger partial charge is 0.272 e. The fourth-order valence-electron chi connectivity index (χ4n) is 2.16. The highest BCUT2D eigenvalue weighted by molar-refractivity contribution is 5.83. The van der Waals surface area contributed by atoms with Crippen LogP contribution in [0.15, 0.2) is 52.4 Å². The number of benzene rings is 1. The van der Waals surface area contributed by atoms with Gasteiger partial charge < -0.3 is 0 Å². The molecule has 0 unspecified atom stereocenters. The molecule has 0 aliphatic heterocycles. The van der Waals surface area contributed by atoms with E-state index in [1.165, 1.54) is 6.08 Å². The smallest absolute Gasteiger partial charge is 0.267 e. The first kappa shape index (κ1) is 12.9. The van der Waals surface area contributed by atoms with Gasteiger partial charge in [0.25, 0.3) is 5.56 Å². The summed E-state index contributed by atoms with van der Waals surface area (Å²) in [5, 5.41) is 7.95. The van der Waals surface area contributed by atoms with Crippen molar-refractivity contribution in [1.82, 2.24) is 15.2 Å². The van der Waals surface area contributed by atoms with Crippen molar-refractivity contribution in [3.8, 4) is 0 Å². The maximum absolute atomic E-state index is 11.7. The third kappa shape index (κ3) is 2.61. The zero-order valence-electron chi connectivity index (χ0n) is 10.9. The molecule has 0 spiro atoms. The average Bonchev–Trinajstić information content (AvgIpc) is 2.51. The Balaban J connectivity index is 2.06. The zero-order valence-corrected chi connectivity index (χ0v) is 10.9. The van der Waals surface area contributed by atoms with Crippen LogP contribution in [-0.4, -0.2) is 21.3 Å². The minimum atomic E-state index is -0.221. The van der Waals surface area contributed by atoms with Gasteiger partial charge in [0, 0.05) is 23.7 Å². The highest BCUT2D eigenvalue weighted by atomic mass is 16.1. The fourth-order valence-corrected chi connectivity index (χ4v) is 2.16. The van der Waals surface area contributed by atoms with Crippen molar-refractivity contribution >= 4 is 22.5 Å². The Morgan fingerprint density at radius 3 is 2.81 bits per heavy atom. The summed E-state index contributed by atoms with van der Waals surface area (Å²) in [6.07, 6.45) is 3.50. The number of carbonyl (C=O) groups excluding carboxylic acids is 1. The third-order valence-electron chi connectivity index (χ3n) is 3.10. The van der Waals surface area contributed by atoms with E-state index in [0.29, 0.717) is 28.9 Å². The number of aromatic amines is 1. The Bertz CT molecular complexity index is 911. The van der Waals surface area contributed by atoms with Crippen LogP contribution in [0.4, 0.5) is 5.69 Å². The Labute approximate surface area is 119 Å². The first-order valence-corrected chi connectivity index (χ1v) is 6.27. The Hall–Kier alpha value is -3.11. The topological polar surface area (TPSA) is 88.1 Å². The van der Waals surface area contributed by atoms with Crippen molar-refractivity contribution in [2.75, 3.05) is 0 Å². The minimum Gasteiger partial charge on any atom is -0.267 e. The van der Waals surface area contributed by atoms with Crippen LogP contribution < -0.4 is 5.56 Å². The fraction of sp³-hybridized carbons (Fsp3) is 0.0667. The van der Waals surface area contributed by atoms with Crippen LogP contribution in [0.2, 0.25) is 0 Å². The van der Waals surface area contributed by atoms with Crippen LogP contribution in [0.1, 0.15) is 11.4 Å². The van der Waals surface area contributed by atoms with E-state index in [2.05, 4.69) is 20.2 Å². The standard InChI is InChI=1S/C15H10N4O2/c20-9-17-10-5-6-16-11(7-10)8-14-12-3-1-2-4-13(12)15(21)19-18-14/h1-7H,8H2,(H,19,21). The lowest BCUT2D eigenvalue weighted by molar-refractivity contribution is 0.565. The molecule has 0 aliphatic rings. The quantitative estimate of drug-likeness (QED) is 0.585. The third-order valence-corrected chi connectivity index (χ3v) is 3.10. The SMILES string of the molecule is O=C=Nc1ccnc(Cc2n[nH]c(=O)c3ccccc23)c1. The number of fused-ring (bicyclic) bond motifs is 1. The van der Waals surface area contributed by atoms with E-state index in [9.17, 15) is 9.59 Å². The zero-order chi connectivity index (χ0) is 14.7. The number of isocyanates is 1. The molecule has 1 N–H and O–H groups in total. The van der Waals surface area contributed by atoms with Gasteiger partial charge >= 0.3 is 0 Å². The lowest BCUT2D eigenvalue weighted by atomic mass is 10.1. The molecule has 0 saturated heterocycles. The number of nitrogens with one attached hydrogen (secondary N) is 1. The molecule has 0 amide bonds. The summed E-state index contributed by atoms with van der Waals surface area (Å²) < 4.78 is 0. The van der Waals surface area contributed by atoms with Crippen LogP contribution in [0.25, 0.3) is 10.8 Å². The molecule has 0 saturated carbocycles. The number of hydrogen-bond acceptors (Lipinski definition) is 5. The molecular formula is C15H10N4O2. The molecule has 2 aromatic heterocycles. The number of pyridine rings is 1. The van der Waals surface area contributed by atoms with E-state index in [-0.39, 0.29) is 5.56 Å². The molecule has 2 heterocycles. The molecule has 102 valence electrons. The van der Waals surface area contributed by atoms with Crippen molar-refractivity contribution in [1.29, 1.82) is 0 Å². The summed E-state index contributed by atoms with van der Waals surface area (Å²) in [4.78, 5) is 29.8.